The molecule has 3 N–H and O–H groups in total. The number of aromatic amines is 1. The number of hydrogen-bond acceptors (Lipinski definition) is 3. The van der Waals surface area contributed by atoms with Gasteiger partial charge in [0.25, 0.3) is 5.56 Å². The summed E-state index contributed by atoms with van der Waals surface area (Å²) < 4.78 is 0. The van der Waals surface area contributed by atoms with E-state index in [4.69, 9.17) is 5.11 Å². The zero-order valence-corrected chi connectivity index (χ0v) is 8.79. The summed E-state index contributed by atoms with van der Waals surface area (Å²) in [6.45, 7) is 5.50. The molecule has 0 atom stereocenters. The quantitative estimate of drug-likeness (QED) is 0.648. The summed E-state index contributed by atoms with van der Waals surface area (Å²) >= 11 is 0. The lowest BCUT2D eigenvalue weighted by Crippen LogP contribution is -2.21. The summed E-state index contributed by atoms with van der Waals surface area (Å²) in [5.74, 6) is -2.07. The Hall–Kier alpha value is -1.78. The zero-order chi connectivity index (χ0) is 11.8. The topological polar surface area (TPSA) is 90.4 Å². The fraction of sp³-hybridized carbons (Fsp3) is 0.400. The molecule has 0 fully saturated rings. The third kappa shape index (κ3) is 2.18. The number of hydrogen-bond donors (Lipinski definition) is 3. The smallest absolute Gasteiger partial charge is 0.339 e. The van der Waals surface area contributed by atoms with Crippen molar-refractivity contribution in [2.75, 3.05) is 0 Å². The van der Waals surface area contributed by atoms with E-state index in [0.717, 1.165) is 0 Å². The van der Waals surface area contributed by atoms with Crippen molar-refractivity contribution in [1.82, 2.24) is 4.98 Å². The van der Waals surface area contributed by atoms with Gasteiger partial charge in [-0.15, -0.1) is 0 Å². The van der Waals surface area contributed by atoms with E-state index in [0.29, 0.717) is 5.69 Å². The average molecular weight is 211 g/mol. The summed E-state index contributed by atoms with van der Waals surface area (Å²) in [5, 5.41) is 18.0. The van der Waals surface area contributed by atoms with Gasteiger partial charge in [0.05, 0.1) is 0 Å². The number of H-pyrrole nitrogens is 1. The molecule has 0 radical (unpaired) electrons. The Labute approximate surface area is 86.4 Å². The number of aromatic hydroxyl groups is 1. The van der Waals surface area contributed by atoms with Crippen LogP contribution >= 0.6 is 0 Å². The molecule has 0 bridgehead atoms. The van der Waals surface area contributed by atoms with Crippen molar-refractivity contribution in [1.29, 1.82) is 0 Å². The number of aromatic nitrogens is 1. The summed E-state index contributed by atoms with van der Waals surface area (Å²) in [4.78, 5) is 24.4. The standard InChI is InChI=1S/C10H13NO4/c1-10(2,3)6-4-5(9(14)15)7(12)8(13)11-6/h4,12H,1-3H3,(H,11,13)(H,14,15). The van der Waals surface area contributed by atoms with Gasteiger partial charge in [0.1, 0.15) is 5.56 Å². The molecule has 0 saturated heterocycles. The number of carbonyl (C=O) groups is 1. The van der Waals surface area contributed by atoms with E-state index in [1.807, 2.05) is 20.8 Å². The molecule has 0 unspecified atom stereocenters. The highest BCUT2D eigenvalue weighted by atomic mass is 16.4. The minimum atomic E-state index is -1.32. The highest BCUT2D eigenvalue weighted by Crippen LogP contribution is 2.22. The van der Waals surface area contributed by atoms with Crippen LogP contribution in [0.4, 0.5) is 0 Å². The number of nitrogens with one attached hydrogen (secondary N) is 1. The molecule has 5 heteroatoms. The second kappa shape index (κ2) is 3.42. The van der Waals surface area contributed by atoms with Crippen molar-refractivity contribution < 1.29 is 15.0 Å². The first-order valence-corrected chi connectivity index (χ1v) is 4.43. The first-order valence-electron chi connectivity index (χ1n) is 4.43. The van der Waals surface area contributed by atoms with Crippen LogP contribution in [0.1, 0.15) is 36.8 Å². The van der Waals surface area contributed by atoms with Gasteiger partial charge in [-0.3, -0.25) is 4.79 Å². The lowest BCUT2D eigenvalue weighted by Gasteiger charge is -2.18. The Kier molecular flexibility index (Phi) is 2.57. The van der Waals surface area contributed by atoms with Crippen LogP contribution in [0.25, 0.3) is 0 Å². The second-order valence-corrected chi connectivity index (χ2v) is 4.33. The number of carboxylic acids is 1. The molecule has 0 aromatic carbocycles. The molecule has 1 heterocycles. The highest BCUT2D eigenvalue weighted by molar-refractivity contribution is 5.90. The largest absolute Gasteiger partial charge is 0.502 e. The van der Waals surface area contributed by atoms with Gasteiger partial charge in [-0.2, -0.15) is 0 Å². The third-order valence-electron chi connectivity index (χ3n) is 2.05. The van der Waals surface area contributed by atoms with E-state index in [2.05, 4.69) is 4.98 Å². The molecule has 15 heavy (non-hydrogen) atoms. The number of rotatable bonds is 1. The molecule has 0 aliphatic heterocycles. The van der Waals surface area contributed by atoms with E-state index in [1.54, 1.807) is 0 Å². The predicted molar refractivity (Wildman–Crippen MR) is 54.4 cm³/mol. The first kappa shape index (κ1) is 11.3. The van der Waals surface area contributed by atoms with E-state index >= 15 is 0 Å². The highest BCUT2D eigenvalue weighted by Gasteiger charge is 2.21. The van der Waals surface area contributed by atoms with Gasteiger partial charge in [0, 0.05) is 11.1 Å². The Balaban J connectivity index is 3.50. The van der Waals surface area contributed by atoms with Crippen molar-refractivity contribution in [2.45, 2.75) is 26.2 Å². The van der Waals surface area contributed by atoms with Crippen LogP contribution < -0.4 is 5.56 Å². The van der Waals surface area contributed by atoms with Gasteiger partial charge >= 0.3 is 5.97 Å². The van der Waals surface area contributed by atoms with E-state index in [1.165, 1.54) is 6.07 Å². The number of carboxylic acid groups (broad SMARTS) is 1. The Morgan fingerprint density at radius 2 is 1.93 bits per heavy atom. The monoisotopic (exact) mass is 211 g/mol. The number of aromatic carboxylic acids is 1. The molecule has 0 spiro atoms. The molecule has 0 saturated carbocycles. The van der Waals surface area contributed by atoms with Crippen LogP contribution in [0.3, 0.4) is 0 Å². The SMILES string of the molecule is CC(C)(C)c1cc(C(=O)O)c(O)c(=O)[nH]1. The van der Waals surface area contributed by atoms with Gasteiger partial charge in [0.15, 0.2) is 5.75 Å². The predicted octanol–water partition coefficient (Wildman–Crippen LogP) is 1.08. The molecule has 5 nitrogen and oxygen atoms in total. The van der Waals surface area contributed by atoms with Gasteiger partial charge in [-0.25, -0.2) is 4.79 Å². The molecule has 0 amide bonds. The molecular formula is C10H13NO4. The summed E-state index contributed by atoms with van der Waals surface area (Å²) in [7, 11) is 0. The van der Waals surface area contributed by atoms with E-state index in [9.17, 15) is 14.7 Å². The molecule has 82 valence electrons. The van der Waals surface area contributed by atoms with Crippen LogP contribution in [0.15, 0.2) is 10.9 Å². The first-order chi connectivity index (χ1) is 6.73. The lowest BCUT2D eigenvalue weighted by molar-refractivity contribution is 0.0693. The Morgan fingerprint density at radius 1 is 1.40 bits per heavy atom. The fourth-order valence-corrected chi connectivity index (χ4v) is 1.12. The maximum Gasteiger partial charge on any atom is 0.339 e. The third-order valence-corrected chi connectivity index (χ3v) is 2.05. The Morgan fingerprint density at radius 3 is 2.33 bits per heavy atom. The molecular weight excluding hydrogens is 198 g/mol. The molecule has 0 aliphatic rings. The van der Waals surface area contributed by atoms with Gasteiger partial charge in [-0.05, 0) is 6.07 Å². The fourth-order valence-electron chi connectivity index (χ4n) is 1.12. The summed E-state index contributed by atoms with van der Waals surface area (Å²) in [6.07, 6.45) is 0. The minimum absolute atomic E-state index is 0.372. The van der Waals surface area contributed by atoms with Crippen molar-refractivity contribution in [3.63, 3.8) is 0 Å². The van der Waals surface area contributed by atoms with Crippen LogP contribution in [-0.2, 0) is 5.41 Å². The van der Waals surface area contributed by atoms with Crippen molar-refractivity contribution >= 4 is 5.97 Å². The summed E-state index contributed by atoms with van der Waals surface area (Å²) in [5.41, 5.74) is -1.05. The molecule has 1 aromatic heterocycles. The second-order valence-electron chi connectivity index (χ2n) is 4.33. The van der Waals surface area contributed by atoms with Gasteiger partial charge in [-0.1, -0.05) is 20.8 Å². The van der Waals surface area contributed by atoms with E-state index in [-0.39, 0.29) is 11.0 Å². The number of pyridine rings is 1. The zero-order valence-electron chi connectivity index (χ0n) is 8.79. The van der Waals surface area contributed by atoms with E-state index < -0.39 is 17.3 Å². The van der Waals surface area contributed by atoms with Gasteiger partial charge < -0.3 is 15.2 Å². The average Bonchev–Trinajstić information content (AvgIpc) is 2.06. The Bertz CT molecular complexity index is 453. The van der Waals surface area contributed by atoms with Crippen LogP contribution in [0, 0.1) is 0 Å². The molecule has 1 aromatic rings. The lowest BCUT2D eigenvalue weighted by atomic mass is 9.90. The van der Waals surface area contributed by atoms with Crippen molar-refractivity contribution in [3.05, 3.63) is 27.7 Å². The van der Waals surface area contributed by atoms with Crippen LogP contribution in [0.5, 0.6) is 5.75 Å². The van der Waals surface area contributed by atoms with Gasteiger partial charge in [0.2, 0.25) is 0 Å². The molecule has 0 aliphatic carbocycles. The molecule has 1 rings (SSSR count). The summed E-state index contributed by atoms with van der Waals surface area (Å²) in [6, 6.07) is 1.28. The van der Waals surface area contributed by atoms with Crippen LogP contribution in [0.2, 0.25) is 0 Å². The maximum absolute atomic E-state index is 11.2. The maximum atomic E-state index is 11.2. The minimum Gasteiger partial charge on any atom is -0.502 e. The normalized spacial score (nSPS) is 11.4. The van der Waals surface area contributed by atoms with Crippen molar-refractivity contribution in [2.24, 2.45) is 0 Å². The van der Waals surface area contributed by atoms with Crippen LogP contribution in [-0.4, -0.2) is 21.2 Å². The van der Waals surface area contributed by atoms with Crippen molar-refractivity contribution in [3.8, 4) is 5.75 Å².